The Bertz CT molecular complexity index is 580. The Kier molecular flexibility index (Phi) is 2.31. The summed E-state index contributed by atoms with van der Waals surface area (Å²) in [5, 5.41) is 2.89. The smallest absolute Gasteiger partial charge is 0.274 e. The molecule has 0 aliphatic heterocycles. The number of fused-ring (bicyclic) bond motifs is 1. The SMILES string of the molecule is CCC(C)(N)c1nc2nc(C)cc(=O)n2[nH]1. The van der Waals surface area contributed by atoms with Gasteiger partial charge in [-0.2, -0.15) is 9.50 Å². The molecule has 0 aromatic carbocycles. The number of rotatable bonds is 2. The van der Waals surface area contributed by atoms with Crippen LogP contribution in [-0.4, -0.2) is 19.6 Å². The van der Waals surface area contributed by atoms with Crippen LogP contribution in [0.5, 0.6) is 0 Å². The average Bonchev–Trinajstić information content (AvgIpc) is 2.62. The molecule has 3 N–H and O–H groups in total. The van der Waals surface area contributed by atoms with Crippen molar-refractivity contribution in [3.8, 4) is 0 Å². The first kappa shape index (κ1) is 10.8. The van der Waals surface area contributed by atoms with Gasteiger partial charge in [-0.25, -0.2) is 4.98 Å². The van der Waals surface area contributed by atoms with E-state index >= 15 is 0 Å². The highest BCUT2D eigenvalue weighted by Gasteiger charge is 2.23. The molecule has 2 heterocycles. The summed E-state index contributed by atoms with van der Waals surface area (Å²) in [6.07, 6.45) is 0.723. The van der Waals surface area contributed by atoms with Crippen LogP contribution in [-0.2, 0) is 5.54 Å². The van der Waals surface area contributed by atoms with E-state index in [9.17, 15) is 4.79 Å². The molecule has 0 fully saturated rings. The van der Waals surface area contributed by atoms with Crippen LogP contribution in [0.1, 0.15) is 31.8 Å². The third kappa shape index (κ3) is 1.61. The number of aryl methyl sites for hydroxylation is 1. The van der Waals surface area contributed by atoms with Crippen molar-refractivity contribution in [1.82, 2.24) is 19.6 Å². The lowest BCUT2D eigenvalue weighted by Gasteiger charge is -2.18. The molecule has 0 aliphatic rings. The molecule has 0 aliphatic carbocycles. The van der Waals surface area contributed by atoms with Crippen molar-refractivity contribution in [2.75, 3.05) is 0 Å². The van der Waals surface area contributed by atoms with E-state index in [1.807, 2.05) is 13.8 Å². The second kappa shape index (κ2) is 3.41. The van der Waals surface area contributed by atoms with Gasteiger partial charge in [0.2, 0.25) is 0 Å². The molecule has 0 amide bonds. The summed E-state index contributed by atoms with van der Waals surface area (Å²) in [4.78, 5) is 20.1. The highest BCUT2D eigenvalue weighted by Crippen LogP contribution is 2.17. The molecule has 0 saturated carbocycles. The Balaban J connectivity index is 2.70. The first-order valence-corrected chi connectivity index (χ1v) is 5.20. The fourth-order valence-corrected chi connectivity index (χ4v) is 1.42. The normalized spacial score (nSPS) is 15.2. The van der Waals surface area contributed by atoms with E-state index in [-0.39, 0.29) is 5.56 Å². The Labute approximate surface area is 92.5 Å². The van der Waals surface area contributed by atoms with Gasteiger partial charge in [0.05, 0.1) is 5.54 Å². The van der Waals surface area contributed by atoms with Crippen molar-refractivity contribution < 1.29 is 0 Å². The molecule has 0 spiro atoms. The van der Waals surface area contributed by atoms with Crippen molar-refractivity contribution in [2.24, 2.45) is 5.73 Å². The molecule has 86 valence electrons. The van der Waals surface area contributed by atoms with Crippen molar-refractivity contribution in [1.29, 1.82) is 0 Å². The molecule has 6 heteroatoms. The minimum atomic E-state index is -0.575. The largest absolute Gasteiger partial charge is 0.319 e. The monoisotopic (exact) mass is 221 g/mol. The van der Waals surface area contributed by atoms with E-state index in [0.29, 0.717) is 17.3 Å². The van der Waals surface area contributed by atoms with Crippen LogP contribution in [0.15, 0.2) is 10.9 Å². The Morgan fingerprint density at radius 3 is 2.88 bits per heavy atom. The minimum absolute atomic E-state index is 0.173. The van der Waals surface area contributed by atoms with Crippen LogP contribution in [0.3, 0.4) is 0 Å². The Morgan fingerprint density at radius 1 is 1.56 bits per heavy atom. The maximum atomic E-state index is 11.6. The van der Waals surface area contributed by atoms with E-state index < -0.39 is 5.54 Å². The van der Waals surface area contributed by atoms with E-state index in [2.05, 4.69) is 15.1 Å². The summed E-state index contributed by atoms with van der Waals surface area (Å²) in [5.74, 6) is 0.940. The van der Waals surface area contributed by atoms with Crippen molar-refractivity contribution >= 4 is 5.78 Å². The number of hydrogen-bond donors (Lipinski definition) is 2. The van der Waals surface area contributed by atoms with Gasteiger partial charge in [-0.15, -0.1) is 0 Å². The highest BCUT2D eigenvalue weighted by atomic mass is 16.1. The molecule has 0 radical (unpaired) electrons. The van der Waals surface area contributed by atoms with Crippen molar-refractivity contribution in [3.63, 3.8) is 0 Å². The van der Waals surface area contributed by atoms with E-state index in [4.69, 9.17) is 5.73 Å². The van der Waals surface area contributed by atoms with Crippen LogP contribution < -0.4 is 11.3 Å². The molecule has 1 atom stereocenters. The lowest BCUT2D eigenvalue weighted by atomic mass is 10.0. The van der Waals surface area contributed by atoms with Gasteiger partial charge in [0, 0.05) is 11.8 Å². The number of nitrogens with one attached hydrogen (secondary N) is 1. The van der Waals surface area contributed by atoms with Gasteiger partial charge in [0.15, 0.2) is 0 Å². The molecule has 2 rings (SSSR count). The van der Waals surface area contributed by atoms with E-state index in [1.165, 1.54) is 10.6 Å². The fraction of sp³-hybridized carbons (Fsp3) is 0.500. The summed E-state index contributed by atoms with van der Waals surface area (Å²) >= 11 is 0. The Morgan fingerprint density at radius 2 is 2.25 bits per heavy atom. The van der Waals surface area contributed by atoms with Gasteiger partial charge in [-0.05, 0) is 20.3 Å². The van der Waals surface area contributed by atoms with Crippen LogP contribution in [0, 0.1) is 6.92 Å². The molecule has 1 unspecified atom stereocenters. The minimum Gasteiger partial charge on any atom is -0.319 e. The summed E-state index contributed by atoms with van der Waals surface area (Å²) < 4.78 is 1.31. The van der Waals surface area contributed by atoms with Crippen LogP contribution >= 0.6 is 0 Å². The quantitative estimate of drug-likeness (QED) is 0.763. The molecule has 0 bridgehead atoms. The molecule has 0 saturated heterocycles. The third-order valence-electron chi connectivity index (χ3n) is 2.73. The molecular weight excluding hydrogens is 206 g/mol. The molecule has 6 nitrogen and oxygen atoms in total. The summed E-state index contributed by atoms with van der Waals surface area (Å²) in [6, 6.07) is 1.45. The zero-order chi connectivity index (χ0) is 11.9. The van der Waals surface area contributed by atoms with Gasteiger partial charge in [0.25, 0.3) is 11.3 Å². The summed E-state index contributed by atoms with van der Waals surface area (Å²) in [7, 11) is 0. The first-order chi connectivity index (χ1) is 7.44. The second-order valence-electron chi connectivity index (χ2n) is 4.21. The zero-order valence-corrected chi connectivity index (χ0v) is 9.61. The van der Waals surface area contributed by atoms with Crippen LogP contribution in [0.4, 0.5) is 0 Å². The van der Waals surface area contributed by atoms with E-state index in [0.717, 1.165) is 6.42 Å². The number of nitrogens with two attached hydrogens (primary N) is 1. The maximum absolute atomic E-state index is 11.6. The lowest BCUT2D eigenvalue weighted by Crippen LogP contribution is -2.33. The number of H-pyrrole nitrogens is 1. The van der Waals surface area contributed by atoms with E-state index in [1.54, 1.807) is 6.92 Å². The van der Waals surface area contributed by atoms with Gasteiger partial charge >= 0.3 is 0 Å². The van der Waals surface area contributed by atoms with Crippen LogP contribution in [0.25, 0.3) is 5.78 Å². The third-order valence-corrected chi connectivity index (χ3v) is 2.73. The average molecular weight is 221 g/mol. The zero-order valence-electron chi connectivity index (χ0n) is 9.61. The molecular formula is C10H15N5O. The van der Waals surface area contributed by atoms with Gasteiger partial charge in [-0.1, -0.05) is 6.92 Å². The summed E-state index contributed by atoms with van der Waals surface area (Å²) in [6.45, 7) is 5.59. The Hall–Kier alpha value is -1.69. The first-order valence-electron chi connectivity index (χ1n) is 5.20. The summed E-state index contributed by atoms with van der Waals surface area (Å²) in [5.41, 5.74) is 5.96. The predicted octanol–water partition coefficient (Wildman–Crippen LogP) is 0.310. The molecule has 16 heavy (non-hydrogen) atoms. The predicted molar refractivity (Wildman–Crippen MR) is 60.2 cm³/mol. The lowest BCUT2D eigenvalue weighted by molar-refractivity contribution is 0.445. The van der Waals surface area contributed by atoms with Crippen molar-refractivity contribution in [2.45, 2.75) is 32.7 Å². The van der Waals surface area contributed by atoms with Gasteiger partial charge < -0.3 is 5.73 Å². The number of aromatic nitrogens is 4. The highest BCUT2D eigenvalue weighted by molar-refractivity contribution is 5.29. The molecule has 2 aromatic heterocycles. The standard InChI is InChI=1S/C10H15N5O/c1-4-10(3,11)8-13-9-12-6(2)5-7(16)15(9)14-8/h5H,4,11H2,1-3H3,(H,12,13,14). The topological polar surface area (TPSA) is 89.1 Å². The molecule has 2 aromatic rings. The second-order valence-corrected chi connectivity index (χ2v) is 4.21. The number of hydrogen-bond acceptors (Lipinski definition) is 4. The van der Waals surface area contributed by atoms with Crippen molar-refractivity contribution in [3.05, 3.63) is 27.9 Å². The number of nitrogens with zero attached hydrogens (tertiary/aromatic N) is 3. The maximum Gasteiger partial charge on any atom is 0.274 e. The fourth-order valence-electron chi connectivity index (χ4n) is 1.42. The van der Waals surface area contributed by atoms with Gasteiger partial charge in [-0.3, -0.25) is 9.89 Å². The van der Waals surface area contributed by atoms with Crippen LogP contribution in [0.2, 0.25) is 0 Å². The van der Waals surface area contributed by atoms with Gasteiger partial charge in [0.1, 0.15) is 5.82 Å². The number of aromatic amines is 1.